The van der Waals surface area contributed by atoms with Gasteiger partial charge in [-0.2, -0.15) is 0 Å². The second-order valence-corrected chi connectivity index (χ2v) is 2.29. The van der Waals surface area contributed by atoms with Crippen LogP contribution in [0.1, 0.15) is 33.6 Å². The highest BCUT2D eigenvalue weighted by atomic mass is 15.0. The molecule has 0 unspecified atom stereocenters. The van der Waals surface area contributed by atoms with Crippen LogP contribution in [0.25, 0.3) is 0 Å². The van der Waals surface area contributed by atoms with Crippen molar-refractivity contribution in [3.8, 4) is 0 Å². The van der Waals surface area contributed by atoms with Crippen molar-refractivity contribution in [3.63, 3.8) is 0 Å². The summed E-state index contributed by atoms with van der Waals surface area (Å²) in [6, 6.07) is 0. The number of hydrogen-bond acceptors (Lipinski definition) is 0. The lowest BCUT2D eigenvalue weighted by molar-refractivity contribution is -0.523. The van der Waals surface area contributed by atoms with Crippen molar-refractivity contribution in [2.75, 3.05) is 13.1 Å². The minimum absolute atomic E-state index is 1.21. The Bertz CT molecular complexity index is 76.6. The van der Waals surface area contributed by atoms with Gasteiger partial charge >= 0.3 is 0 Å². The Morgan fingerprint density at radius 1 is 1.11 bits per heavy atom. The molecule has 0 amide bonds. The van der Waals surface area contributed by atoms with Gasteiger partial charge in [0.15, 0.2) is 0 Å². The molecule has 0 atom stereocenters. The van der Waals surface area contributed by atoms with Crippen molar-refractivity contribution in [3.05, 3.63) is 0 Å². The first-order chi connectivity index (χ1) is 4.35. The maximum atomic E-state index is 2.36. The van der Waals surface area contributed by atoms with E-state index in [0.29, 0.717) is 0 Å². The van der Waals surface area contributed by atoms with Gasteiger partial charge in [0, 0.05) is 19.8 Å². The van der Waals surface area contributed by atoms with Gasteiger partial charge in [-0.25, -0.2) is 4.58 Å². The van der Waals surface area contributed by atoms with E-state index < -0.39 is 0 Å². The molecule has 0 heterocycles. The highest BCUT2D eigenvalue weighted by Gasteiger charge is 1.95. The Balaban J connectivity index is 3.43. The molecule has 0 aliphatic carbocycles. The molecule has 0 spiro atoms. The smallest absolute Gasteiger partial charge is 0.142 e. The van der Waals surface area contributed by atoms with Gasteiger partial charge in [-0.15, -0.1) is 0 Å². The van der Waals surface area contributed by atoms with Gasteiger partial charge < -0.3 is 0 Å². The van der Waals surface area contributed by atoms with E-state index in [4.69, 9.17) is 0 Å². The Labute approximate surface area is 58.4 Å². The normalized spacial score (nSPS) is 9.22. The number of nitrogens with zero attached hydrogens (tertiary/aromatic N) is 1. The quantitative estimate of drug-likeness (QED) is 0.402. The van der Waals surface area contributed by atoms with Crippen LogP contribution in [-0.4, -0.2) is 23.9 Å². The molecule has 1 heteroatoms. The summed E-state index contributed by atoms with van der Waals surface area (Å²) in [5.41, 5.74) is 0. The molecule has 0 aromatic heterocycles. The summed E-state index contributed by atoms with van der Waals surface area (Å²) >= 11 is 0. The van der Waals surface area contributed by atoms with Crippen LogP contribution in [0.2, 0.25) is 0 Å². The van der Waals surface area contributed by atoms with Crippen molar-refractivity contribution in [1.29, 1.82) is 0 Å². The second-order valence-electron chi connectivity index (χ2n) is 2.29. The Kier molecular flexibility index (Phi) is 5.59. The molecule has 0 aromatic rings. The molecule has 0 aliphatic heterocycles. The van der Waals surface area contributed by atoms with Crippen LogP contribution in [0.5, 0.6) is 0 Å². The monoisotopic (exact) mass is 128 g/mol. The highest BCUT2D eigenvalue weighted by Crippen LogP contribution is 1.82. The van der Waals surface area contributed by atoms with Gasteiger partial charge in [0.05, 0.1) is 0 Å². The summed E-state index contributed by atoms with van der Waals surface area (Å²) in [6.45, 7) is 8.96. The topological polar surface area (TPSA) is 3.01 Å². The van der Waals surface area contributed by atoms with Crippen LogP contribution >= 0.6 is 0 Å². The van der Waals surface area contributed by atoms with E-state index in [-0.39, 0.29) is 0 Å². The second kappa shape index (κ2) is 5.80. The maximum absolute atomic E-state index is 2.36. The first-order valence-electron chi connectivity index (χ1n) is 3.88. The standard InChI is InChI=1S/C8H18N/c1-4-7-9(6-3)8-5-2/h6H,4-5,7-8H2,1-3H3/q+1. The molecule has 0 aliphatic rings. The van der Waals surface area contributed by atoms with Gasteiger partial charge in [-0.3, -0.25) is 0 Å². The Morgan fingerprint density at radius 2 is 1.56 bits per heavy atom. The Hall–Kier alpha value is -0.330. The molecule has 1 nitrogen and oxygen atoms in total. The molecule has 0 fully saturated rings. The van der Waals surface area contributed by atoms with Gasteiger partial charge in [0.25, 0.3) is 0 Å². The zero-order chi connectivity index (χ0) is 7.11. The van der Waals surface area contributed by atoms with E-state index in [1.165, 1.54) is 25.9 Å². The molecular formula is C8H18N+. The SMILES string of the molecule is CC=[N+](CCC)CCC. The molecule has 0 N–H and O–H groups in total. The summed E-state index contributed by atoms with van der Waals surface area (Å²) in [4.78, 5) is 0. The van der Waals surface area contributed by atoms with Crippen LogP contribution in [0, 0.1) is 0 Å². The van der Waals surface area contributed by atoms with Crippen molar-refractivity contribution in [1.82, 2.24) is 0 Å². The van der Waals surface area contributed by atoms with Gasteiger partial charge in [0.1, 0.15) is 19.3 Å². The minimum Gasteiger partial charge on any atom is -0.240 e. The van der Waals surface area contributed by atoms with E-state index in [0.717, 1.165) is 0 Å². The molecule has 0 bridgehead atoms. The molecule has 0 radical (unpaired) electrons. The molecule has 54 valence electrons. The van der Waals surface area contributed by atoms with Crippen LogP contribution in [0.3, 0.4) is 0 Å². The Morgan fingerprint density at radius 3 is 1.78 bits per heavy atom. The first kappa shape index (κ1) is 8.67. The lowest BCUT2D eigenvalue weighted by atomic mass is 10.4. The molecule has 0 saturated heterocycles. The van der Waals surface area contributed by atoms with E-state index >= 15 is 0 Å². The average Bonchev–Trinajstić information content (AvgIpc) is 1.88. The van der Waals surface area contributed by atoms with Crippen molar-refractivity contribution in [2.45, 2.75) is 33.6 Å². The van der Waals surface area contributed by atoms with E-state index in [1.54, 1.807) is 0 Å². The molecule has 0 rings (SSSR count). The largest absolute Gasteiger partial charge is 0.240 e. The average molecular weight is 128 g/mol. The number of rotatable bonds is 4. The molecular weight excluding hydrogens is 110 g/mol. The zero-order valence-electron chi connectivity index (χ0n) is 6.85. The summed E-state index contributed by atoms with van der Waals surface area (Å²) in [5.74, 6) is 0. The van der Waals surface area contributed by atoms with Crippen LogP contribution < -0.4 is 0 Å². The van der Waals surface area contributed by atoms with Crippen molar-refractivity contribution >= 4 is 6.21 Å². The fourth-order valence-corrected chi connectivity index (χ4v) is 0.944. The summed E-state index contributed by atoms with van der Waals surface area (Å²) in [6.07, 6.45) is 4.68. The third-order valence-electron chi connectivity index (χ3n) is 1.39. The fourth-order valence-electron chi connectivity index (χ4n) is 0.944. The van der Waals surface area contributed by atoms with Gasteiger partial charge in [-0.05, 0) is 0 Å². The van der Waals surface area contributed by atoms with E-state index in [2.05, 4.69) is 31.6 Å². The predicted octanol–water partition coefficient (Wildman–Crippen LogP) is 1.91. The van der Waals surface area contributed by atoms with Crippen LogP contribution in [0.15, 0.2) is 0 Å². The molecule has 9 heavy (non-hydrogen) atoms. The fraction of sp³-hybridized carbons (Fsp3) is 0.875. The minimum atomic E-state index is 1.21. The highest BCUT2D eigenvalue weighted by molar-refractivity contribution is 5.46. The third kappa shape index (κ3) is 4.19. The maximum Gasteiger partial charge on any atom is 0.142 e. The third-order valence-corrected chi connectivity index (χ3v) is 1.39. The summed E-state index contributed by atoms with van der Waals surface area (Å²) in [5, 5.41) is 0. The van der Waals surface area contributed by atoms with E-state index in [9.17, 15) is 0 Å². The van der Waals surface area contributed by atoms with Crippen LogP contribution in [-0.2, 0) is 0 Å². The van der Waals surface area contributed by atoms with Crippen molar-refractivity contribution in [2.24, 2.45) is 0 Å². The zero-order valence-corrected chi connectivity index (χ0v) is 6.85. The van der Waals surface area contributed by atoms with E-state index in [1.807, 2.05) is 0 Å². The van der Waals surface area contributed by atoms with Gasteiger partial charge in [0.2, 0.25) is 0 Å². The molecule has 0 saturated carbocycles. The van der Waals surface area contributed by atoms with Crippen LogP contribution in [0.4, 0.5) is 0 Å². The number of hydrogen-bond donors (Lipinski definition) is 0. The molecule has 0 aromatic carbocycles. The van der Waals surface area contributed by atoms with Crippen molar-refractivity contribution < 1.29 is 4.58 Å². The lowest BCUT2D eigenvalue weighted by Gasteiger charge is -1.96. The summed E-state index contributed by atoms with van der Waals surface area (Å²) < 4.78 is 2.36. The predicted molar refractivity (Wildman–Crippen MR) is 42.3 cm³/mol. The first-order valence-corrected chi connectivity index (χ1v) is 3.88. The lowest BCUT2D eigenvalue weighted by Crippen LogP contribution is -2.13. The summed E-state index contributed by atoms with van der Waals surface area (Å²) in [7, 11) is 0. The van der Waals surface area contributed by atoms with Gasteiger partial charge in [-0.1, -0.05) is 13.8 Å².